The molecular formula is C16H40Si2Sn. The Balaban J connectivity index is 5.06. The van der Waals surface area contributed by atoms with E-state index in [2.05, 4.69) is 53.1 Å². The molecule has 0 aliphatic heterocycles. The molecule has 116 valence electrons. The molecule has 19 heavy (non-hydrogen) atoms. The zero-order valence-corrected chi connectivity index (χ0v) is 20.0. The average molecular weight is 407 g/mol. The van der Waals surface area contributed by atoms with Crippen LogP contribution in [-0.2, 0) is 0 Å². The van der Waals surface area contributed by atoms with Gasteiger partial charge in [0.25, 0.3) is 0 Å². The fraction of sp³-hybridized carbons (Fsp3) is 1.00. The first kappa shape index (κ1) is 20.2. The van der Waals surface area contributed by atoms with Gasteiger partial charge in [0.15, 0.2) is 0 Å². The Bertz CT molecular complexity index is 212. The van der Waals surface area contributed by atoms with Crippen LogP contribution in [0.15, 0.2) is 0 Å². The van der Waals surface area contributed by atoms with E-state index in [1.54, 1.807) is 17.0 Å². The zero-order chi connectivity index (χ0) is 15.2. The summed E-state index contributed by atoms with van der Waals surface area (Å²) in [6, 6.07) is 0. The standard InChI is InChI=1S/2C4H11Si.2C4H9.Sn/c2*1-5(2,3)4;2*1-3-4-2;/h2*1H2,2-4H3;2*1,3-4H2,2H3;. The van der Waals surface area contributed by atoms with E-state index in [-0.39, 0.29) is 0 Å². The quantitative estimate of drug-likeness (QED) is 0.350. The van der Waals surface area contributed by atoms with Crippen molar-refractivity contribution in [1.29, 1.82) is 0 Å². The van der Waals surface area contributed by atoms with Crippen molar-refractivity contribution in [2.24, 2.45) is 0 Å². The van der Waals surface area contributed by atoms with Crippen LogP contribution >= 0.6 is 0 Å². The molecule has 0 unspecified atom stereocenters. The molecule has 0 saturated heterocycles. The number of hydrogen-bond donors (Lipinski definition) is 0. The summed E-state index contributed by atoms with van der Waals surface area (Å²) in [6.45, 7) is 20.5. The van der Waals surface area contributed by atoms with Gasteiger partial charge >= 0.3 is 130 Å². The molecule has 0 atom stereocenters. The molecule has 0 spiro atoms. The maximum atomic E-state index is 2.63. The van der Waals surface area contributed by atoms with Gasteiger partial charge in [0.05, 0.1) is 0 Å². The van der Waals surface area contributed by atoms with Crippen molar-refractivity contribution in [3.63, 3.8) is 0 Å². The SMILES string of the molecule is CCC[CH2][Sn]([CH2]CCC)([CH2][Si](C)(C)C)[CH2][Si](C)(C)C. The van der Waals surface area contributed by atoms with E-state index in [0.29, 0.717) is 0 Å². The van der Waals surface area contributed by atoms with Crippen molar-refractivity contribution in [1.82, 2.24) is 0 Å². The molecule has 0 bridgehead atoms. The van der Waals surface area contributed by atoms with Crippen molar-refractivity contribution in [3.8, 4) is 0 Å². The fourth-order valence-corrected chi connectivity index (χ4v) is 64.4. The van der Waals surface area contributed by atoms with Crippen molar-refractivity contribution in [3.05, 3.63) is 0 Å². The van der Waals surface area contributed by atoms with Crippen molar-refractivity contribution >= 4 is 34.5 Å². The minimum atomic E-state index is -1.85. The second-order valence-corrected chi connectivity index (χ2v) is 37.6. The topological polar surface area (TPSA) is 0 Å². The molecule has 0 nitrogen and oxygen atoms in total. The molecule has 0 saturated carbocycles. The summed E-state index contributed by atoms with van der Waals surface area (Å²) in [5, 5.41) is 0. The summed E-state index contributed by atoms with van der Waals surface area (Å²) in [5.41, 5.74) is 0. The van der Waals surface area contributed by atoms with E-state index in [4.69, 9.17) is 0 Å². The molecule has 0 aromatic carbocycles. The Morgan fingerprint density at radius 2 is 0.947 bits per heavy atom. The van der Waals surface area contributed by atoms with Crippen LogP contribution in [0.2, 0.25) is 56.3 Å². The van der Waals surface area contributed by atoms with Crippen LogP contribution < -0.4 is 0 Å². The molecular weight excluding hydrogens is 367 g/mol. The van der Waals surface area contributed by atoms with Crippen LogP contribution in [-0.4, -0.2) is 34.5 Å². The minimum absolute atomic E-state index is 0.877. The average Bonchev–Trinajstić information content (AvgIpc) is 2.19. The first-order chi connectivity index (χ1) is 8.54. The Morgan fingerprint density at radius 1 is 0.632 bits per heavy atom. The van der Waals surface area contributed by atoms with Gasteiger partial charge in [0.2, 0.25) is 0 Å². The molecule has 0 heterocycles. The van der Waals surface area contributed by atoms with E-state index in [9.17, 15) is 0 Å². The Hall–Kier alpha value is 1.23. The summed E-state index contributed by atoms with van der Waals surface area (Å²) >= 11 is -1.85. The van der Waals surface area contributed by atoms with Crippen molar-refractivity contribution in [2.75, 3.05) is 0 Å². The van der Waals surface area contributed by atoms with E-state index in [1.807, 2.05) is 0 Å². The van der Waals surface area contributed by atoms with Gasteiger partial charge < -0.3 is 0 Å². The zero-order valence-electron chi connectivity index (χ0n) is 15.2. The molecule has 0 radical (unpaired) electrons. The van der Waals surface area contributed by atoms with Crippen molar-refractivity contribution < 1.29 is 0 Å². The number of unbranched alkanes of at least 4 members (excludes halogenated alkanes) is 2. The van der Waals surface area contributed by atoms with Crippen molar-refractivity contribution in [2.45, 2.75) is 95.8 Å². The molecule has 3 heteroatoms. The van der Waals surface area contributed by atoms with E-state index in [0.717, 1.165) is 0 Å². The van der Waals surface area contributed by atoms with E-state index >= 15 is 0 Å². The van der Waals surface area contributed by atoms with Gasteiger partial charge in [0, 0.05) is 0 Å². The number of rotatable bonds is 10. The van der Waals surface area contributed by atoms with Crippen LogP contribution in [0.4, 0.5) is 0 Å². The fourth-order valence-electron chi connectivity index (χ4n) is 3.89. The summed E-state index contributed by atoms with van der Waals surface area (Å²) in [4.78, 5) is 0. The first-order valence-electron chi connectivity index (χ1n) is 8.54. The first-order valence-corrected chi connectivity index (χ1v) is 24.0. The van der Waals surface area contributed by atoms with Crippen LogP contribution in [0, 0.1) is 0 Å². The Kier molecular flexibility index (Phi) is 9.18. The maximum absolute atomic E-state index is 2.63. The normalized spacial score (nSPS) is 13.9. The predicted molar refractivity (Wildman–Crippen MR) is 101 cm³/mol. The van der Waals surface area contributed by atoms with E-state index < -0.39 is 34.5 Å². The van der Waals surface area contributed by atoms with Gasteiger partial charge in [-0.05, 0) is 0 Å². The summed E-state index contributed by atoms with van der Waals surface area (Å²) in [6.07, 6.45) is 5.91. The molecule has 0 aromatic rings. The van der Waals surface area contributed by atoms with Gasteiger partial charge in [-0.3, -0.25) is 0 Å². The second-order valence-electron chi connectivity index (χ2n) is 9.18. The second kappa shape index (κ2) is 8.62. The number of hydrogen-bond acceptors (Lipinski definition) is 0. The third-order valence-corrected chi connectivity index (χ3v) is 46.6. The molecule has 0 amide bonds. The third kappa shape index (κ3) is 10.6. The monoisotopic (exact) mass is 408 g/mol. The van der Waals surface area contributed by atoms with E-state index in [1.165, 1.54) is 25.7 Å². The molecule has 0 aliphatic rings. The predicted octanol–water partition coefficient (Wildman–Crippen LogP) is 6.79. The van der Waals surface area contributed by atoms with Gasteiger partial charge in [-0.2, -0.15) is 0 Å². The Morgan fingerprint density at radius 3 is 1.16 bits per heavy atom. The van der Waals surface area contributed by atoms with Gasteiger partial charge in [-0.25, -0.2) is 0 Å². The molecule has 0 fully saturated rings. The summed E-state index contributed by atoms with van der Waals surface area (Å²) < 4.78 is 6.96. The van der Waals surface area contributed by atoms with Crippen LogP contribution in [0.1, 0.15) is 39.5 Å². The van der Waals surface area contributed by atoms with Gasteiger partial charge in [-0.1, -0.05) is 0 Å². The van der Waals surface area contributed by atoms with Crippen LogP contribution in [0.3, 0.4) is 0 Å². The molecule has 0 aromatic heterocycles. The summed E-state index contributed by atoms with van der Waals surface area (Å²) in [5.74, 6) is 0. The van der Waals surface area contributed by atoms with Crippen LogP contribution in [0.25, 0.3) is 0 Å². The van der Waals surface area contributed by atoms with Gasteiger partial charge in [0.1, 0.15) is 0 Å². The van der Waals surface area contributed by atoms with Gasteiger partial charge in [-0.15, -0.1) is 0 Å². The third-order valence-electron chi connectivity index (χ3n) is 3.93. The Labute approximate surface area is 130 Å². The van der Waals surface area contributed by atoms with Crippen LogP contribution in [0.5, 0.6) is 0 Å². The summed E-state index contributed by atoms with van der Waals surface area (Å²) in [7, 11) is -1.75. The molecule has 0 N–H and O–H groups in total. The molecule has 0 aliphatic carbocycles. The molecule has 0 rings (SSSR count).